The number of alkyl halides is 3. The van der Waals surface area contributed by atoms with Crippen molar-refractivity contribution in [2.75, 3.05) is 13.1 Å². The van der Waals surface area contributed by atoms with Crippen LogP contribution in [0.4, 0.5) is 13.2 Å². The number of hydrogen-bond donors (Lipinski definition) is 1. The molecule has 0 aromatic heterocycles. The molecule has 0 spiro atoms. The number of likely N-dealkylation sites (tertiary alicyclic amines) is 1. The van der Waals surface area contributed by atoms with Gasteiger partial charge in [0.25, 0.3) is 0 Å². The largest absolute Gasteiger partial charge is 0.481 e. The molecule has 1 N–H and O–H groups in total. The highest BCUT2D eigenvalue weighted by Crippen LogP contribution is 2.37. The van der Waals surface area contributed by atoms with Gasteiger partial charge in [-0.15, -0.1) is 0 Å². The van der Waals surface area contributed by atoms with Crippen LogP contribution in [0.1, 0.15) is 18.4 Å². The van der Waals surface area contributed by atoms with Gasteiger partial charge in [0.05, 0.1) is 5.41 Å². The number of piperidine rings is 1. The molecule has 0 unspecified atom stereocenters. The van der Waals surface area contributed by atoms with Gasteiger partial charge in [-0.1, -0.05) is 23.7 Å². The highest BCUT2D eigenvalue weighted by Gasteiger charge is 2.48. The van der Waals surface area contributed by atoms with E-state index in [1.807, 2.05) is 0 Å². The molecule has 0 saturated carbocycles. The van der Waals surface area contributed by atoms with Crippen molar-refractivity contribution in [1.82, 2.24) is 4.90 Å². The molecule has 1 aromatic carbocycles. The zero-order valence-corrected chi connectivity index (χ0v) is 12.8. The van der Waals surface area contributed by atoms with Gasteiger partial charge in [0.15, 0.2) is 0 Å². The fraction of sp³-hybridized carbons (Fsp3) is 0.467. The highest BCUT2D eigenvalue weighted by atomic mass is 35.5. The number of carboxylic acids is 1. The first-order valence-corrected chi connectivity index (χ1v) is 7.36. The van der Waals surface area contributed by atoms with E-state index >= 15 is 0 Å². The van der Waals surface area contributed by atoms with Gasteiger partial charge in [0.1, 0.15) is 0 Å². The van der Waals surface area contributed by atoms with E-state index in [-0.39, 0.29) is 32.4 Å². The van der Waals surface area contributed by atoms with E-state index in [1.165, 1.54) is 0 Å². The SMILES string of the molecule is O=C(N1CCC(Cc2cccc(Cl)c2)(C(=O)O)CC1)C(F)(F)F. The Labute approximate surface area is 135 Å². The Morgan fingerprint density at radius 3 is 2.35 bits per heavy atom. The second kappa shape index (κ2) is 6.39. The Balaban J connectivity index is 2.13. The van der Waals surface area contributed by atoms with Gasteiger partial charge < -0.3 is 10.0 Å². The quantitative estimate of drug-likeness (QED) is 0.912. The maximum absolute atomic E-state index is 12.5. The first kappa shape index (κ1) is 17.6. The fourth-order valence-corrected chi connectivity index (χ4v) is 3.03. The first-order chi connectivity index (χ1) is 10.6. The topological polar surface area (TPSA) is 57.6 Å². The van der Waals surface area contributed by atoms with Crippen molar-refractivity contribution >= 4 is 23.5 Å². The molecule has 23 heavy (non-hydrogen) atoms. The summed E-state index contributed by atoms with van der Waals surface area (Å²) in [5.41, 5.74) is -0.483. The van der Waals surface area contributed by atoms with E-state index in [2.05, 4.69) is 0 Å². The molecule has 1 fully saturated rings. The molecule has 0 aliphatic carbocycles. The molecule has 1 aliphatic heterocycles. The highest BCUT2D eigenvalue weighted by molar-refractivity contribution is 6.30. The summed E-state index contributed by atoms with van der Waals surface area (Å²) < 4.78 is 37.4. The normalized spacial score (nSPS) is 17.8. The third kappa shape index (κ3) is 3.96. The van der Waals surface area contributed by atoms with E-state index in [4.69, 9.17) is 11.6 Å². The summed E-state index contributed by atoms with van der Waals surface area (Å²) >= 11 is 5.88. The summed E-state index contributed by atoms with van der Waals surface area (Å²) in [4.78, 5) is 23.6. The predicted octanol–water partition coefficient (Wildman–Crippen LogP) is 3.14. The molecule has 1 saturated heterocycles. The van der Waals surface area contributed by atoms with E-state index < -0.39 is 23.5 Å². The molecule has 1 aliphatic rings. The Morgan fingerprint density at radius 2 is 1.87 bits per heavy atom. The van der Waals surface area contributed by atoms with Gasteiger partial charge in [-0.25, -0.2) is 0 Å². The molecule has 2 rings (SSSR count). The van der Waals surface area contributed by atoms with Gasteiger partial charge in [-0.2, -0.15) is 13.2 Å². The lowest BCUT2D eigenvalue weighted by molar-refractivity contribution is -0.188. The number of benzene rings is 1. The molecule has 1 aromatic rings. The minimum atomic E-state index is -4.93. The monoisotopic (exact) mass is 349 g/mol. The van der Waals surface area contributed by atoms with Crippen LogP contribution in [0, 0.1) is 5.41 Å². The van der Waals surface area contributed by atoms with Crippen molar-refractivity contribution in [2.45, 2.75) is 25.4 Å². The molecular formula is C15H15ClF3NO3. The molecule has 1 heterocycles. The van der Waals surface area contributed by atoms with E-state index in [1.54, 1.807) is 24.3 Å². The molecule has 1 amide bonds. The average molecular weight is 350 g/mol. The van der Waals surface area contributed by atoms with Gasteiger partial charge in [-0.05, 0) is 37.0 Å². The van der Waals surface area contributed by atoms with E-state index in [9.17, 15) is 27.9 Å². The smallest absolute Gasteiger partial charge is 0.471 e. The zero-order valence-electron chi connectivity index (χ0n) is 12.1. The molecule has 8 heteroatoms. The number of hydrogen-bond acceptors (Lipinski definition) is 2. The Morgan fingerprint density at radius 1 is 1.26 bits per heavy atom. The predicted molar refractivity (Wildman–Crippen MR) is 77.1 cm³/mol. The van der Waals surface area contributed by atoms with Crippen molar-refractivity contribution in [2.24, 2.45) is 5.41 Å². The number of halogens is 4. The third-order valence-corrected chi connectivity index (χ3v) is 4.37. The van der Waals surface area contributed by atoms with Crippen molar-refractivity contribution in [3.05, 3.63) is 34.9 Å². The number of carbonyl (C=O) groups is 2. The Hall–Kier alpha value is -1.76. The summed E-state index contributed by atoms with van der Waals surface area (Å²) in [5, 5.41) is 10.0. The summed E-state index contributed by atoms with van der Waals surface area (Å²) in [6, 6.07) is 6.71. The number of amides is 1. The van der Waals surface area contributed by atoms with Crippen molar-refractivity contribution in [3.8, 4) is 0 Å². The Bertz CT molecular complexity index is 610. The van der Waals surface area contributed by atoms with Crippen LogP contribution < -0.4 is 0 Å². The van der Waals surface area contributed by atoms with Gasteiger partial charge >= 0.3 is 18.1 Å². The standard InChI is InChI=1S/C15H15ClF3NO3/c16-11-3-1-2-10(8-11)9-14(13(22)23)4-6-20(7-5-14)12(21)15(17,18)19/h1-3,8H,4-7,9H2,(H,22,23). The lowest BCUT2D eigenvalue weighted by Crippen LogP contribution is -2.50. The third-order valence-electron chi connectivity index (χ3n) is 4.14. The summed E-state index contributed by atoms with van der Waals surface area (Å²) in [5.74, 6) is -2.99. The lowest BCUT2D eigenvalue weighted by atomic mass is 9.74. The summed E-state index contributed by atoms with van der Waals surface area (Å²) in [7, 11) is 0. The van der Waals surface area contributed by atoms with Crippen molar-refractivity contribution < 1.29 is 27.9 Å². The fourth-order valence-electron chi connectivity index (χ4n) is 2.82. The van der Waals surface area contributed by atoms with Crippen LogP contribution in [0.15, 0.2) is 24.3 Å². The van der Waals surface area contributed by atoms with E-state index in [0.717, 1.165) is 0 Å². The van der Waals surface area contributed by atoms with Crippen LogP contribution in [-0.2, 0) is 16.0 Å². The van der Waals surface area contributed by atoms with Crippen LogP contribution in [0.25, 0.3) is 0 Å². The average Bonchev–Trinajstić information content (AvgIpc) is 2.46. The number of aliphatic carboxylic acids is 1. The first-order valence-electron chi connectivity index (χ1n) is 6.98. The zero-order chi connectivity index (χ0) is 17.3. The van der Waals surface area contributed by atoms with Crippen LogP contribution >= 0.6 is 11.6 Å². The minimum Gasteiger partial charge on any atom is -0.481 e. The van der Waals surface area contributed by atoms with Gasteiger partial charge in [0, 0.05) is 18.1 Å². The Kier molecular flexibility index (Phi) is 4.89. The molecular weight excluding hydrogens is 335 g/mol. The molecule has 0 bridgehead atoms. The minimum absolute atomic E-state index is 0.0311. The van der Waals surface area contributed by atoms with Crippen LogP contribution in [0.2, 0.25) is 5.02 Å². The number of carbonyl (C=O) groups excluding carboxylic acids is 1. The maximum Gasteiger partial charge on any atom is 0.471 e. The van der Waals surface area contributed by atoms with Crippen LogP contribution in [0.5, 0.6) is 0 Å². The molecule has 0 radical (unpaired) electrons. The number of nitrogens with zero attached hydrogens (tertiary/aromatic N) is 1. The van der Waals surface area contributed by atoms with Crippen LogP contribution in [0.3, 0.4) is 0 Å². The van der Waals surface area contributed by atoms with Crippen LogP contribution in [-0.4, -0.2) is 41.1 Å². The van der Waals surface area contributed by atoms with Gasteiger partial charge in [-0.3, -0.25) is 9.59 Å². The lowest BCUT2D eigenvalue weighted by Gasteiger charge is -2.39. The van der Waals surface area contributed by atoms with Crippen molar-refractivity contribution in [1.29, 1.82) is 0 Å². The molecule has 126 valence electrons. The number of rotatable bonds is 3. The van der Waals surface area contributed by atoms with Crippen molar-refractivity contribution in [3.63, 3.8) is 0 Å². The second-order valence-corrected chi connectivity index (χ2v) is 6.12. The number of carboxylic acid groups (broad SMARTS) is 1. The van der Waals surface area contributed by atoms with Gasteiger partial charge in [0.2, 0.25) is 0 Å². The summed E-state index contributed by atoms with van der Waals surface area (Å²) in [6.07, 6.45) is -4.83. The van der Waals surface area contributed by atoms with E-state index in [0.29, 0.717) is 15.5 Å². The molecule has 0 atom stereocenters. The maximum atomic E-state index is 12.5. The second-order valence-electron chi connectivity index (χ2n) is 5.68. The molecule has 4 nitrogen and oxygen atoms in total. The summed E-state index contributed by atoms with van der Waals surface area (Å²) in [6.45, 7) is -0.462.